The smallest absolute Gasteiger partial charge is 0.121 e. The second-order valence-electron chi connectivity index (χ2n) is 6.15. The van der Waals surface area contributed by atoms with Gasteiger partial charge >= 0.3 is 0 Å². The zero-order chi connectivity index (χ0) is 14.5. The van der Waals surface area contributed by atoms with Gasteiger partial charge in [-0.1, -0.05) is 26.8 Å². The first-order valence-corrected chi connectivity index (χ1v) is 6.65. The van der Waals surface area contributed by atoms with E-state index in [0.717, 1.165) is 28.1 Å². The van der Waals surface area contributed by atoms with Gasteiger partial charge in [-0.15, -0.1) is 0 Å². The maximum atomic E-state index is 5.83. The van der Waals surface area contributed by atoms with E-state index >= 15 is 0 Å². The molecule has 0 spiro atoms. The molecular weight excluding hydrogens is 250 g/mol. The highest BCUT2D eigenvalue weighted by molar-refractivity contribution is 5.81. The molecule has 0 fully saturated rings. The fourth-order valence-corrected chi connectivity index (χ4v) is 2.15. The SMILES string of the molecule is Cn1nc(-c2ccc3nc(C(C)(C)C)[nH]c3c2)cc1N. The third kappa shape index (κ3) is 2.05. The van der Waals surface area contributed by atoms with Gasteiger partial charge in [-0.2, -0.15) is 5.10 Å². The van der Waals surface area contributed by atoms with Gasteiger partial charge in [0.05, 0.1) is 16.7 Å². The number of H-pyrrole nitrogens is 1. The first-order chi connectivity index (χ1) is 9.34. The molecule has 5 nitrogen and oxygen atoms in total. The summed E-state index contributed by atoms with van der Waals surface area (Å²) in [6, 6.07) is 7.99. The molecule has 3 rings (SSSR count). The largest absolute Gasteiger partial charge is 0.384 e. The molecule has 0 aliphatic rings. The molecule has 0 aliphatic carbocycles. The summed E-state index contributed by atoms with van der Waals surface area (Å²) in [5, 5.41) is 4.40. The number of fused-ring (bicyclic) bond motifs is 1. The average Bonchev–Trinajstić information content (AvgIpc) is 2.92. The number of rotatable bonds is 1. The highest BCUT2D eigenvalue weighted by Crippen LogP contribution is 2.26. The Morgan fingerprint density at radius 2 is 1.95 bits per heavy atom. The molecule has 2 aromatic heterocycles. The second kappa shape index (κ2) is 4.10. The van der Waals surface area contributed by atoms with Crippen molar-refractivity contribution in [3.05, 3.63) is 30.1 Å². The Kier molecular flexibility index (Phi) is 2.61. The van der Waals surface area contributed by atoms with Crippen molar-refractivity contribution in [1.29, 1.82) is 0 Å². The van der Waals surface area contributed by atoms with Crippen molar-refractivity contribution in [1.82, 2.24) is 19.7 Å². The molecule has 5 heteroatoms. The number of hydrogen-bond donors (Lipinski definition) is 2. The standard InChI is InChI=1S/C15H19N5/c1-15(2,3)14-17-10-6-5-9(7-12(10)18-14)11-8-13(16)20(4)19-11/h5-8H,16H2,1-4H3,(H,17,18). The molecule has 0 aliphatic heterocycles. The summed E-state index contributed by atoms with van der Waals surface area (Å²) in [6.07, 6.45) is 0. The number of nitrogen functional groups attached to an aromatic ring is 1. The van der Waals surface area contributed by atoms with Crippen molar-refractivity contribution in [3.8, 4) is 11.3 Å². The van der Waals surface area contributed by atoms with Gasteiger partial charge in [-0.3, -0.25) is 4.68 Å². The van der Waals surface area contributed by atoms with Gasteiger partial charge in [0.15, 0.2) is 0 Å². The van der Waals surface area contributed by atoms with Crippen LogP contribution in [0.3, 0.4) is 0 Å². The molecule has 0 saturated heterocycles. The lowest BCUT2D eigenvalue weighted by Gasteiger charge is -2.13. The Morgan fingerprint density at radius 1 is 1.20 bits per heavy atom. The zero-order valence-electron chi connectivity index (χ0n) is 12.2. The van der Waals surface area contributed by atoms with E-state index in [1.165, 1.54) is 0 Å². The Balaban J connectivity index is 2.11. The molecule has 3 N–H and O–H groups in total. The van der Waals surface area contributed by atoms with Crippen molar-refractivity contribution >= 4 is 16.9 Å². The maximum absolute atomic E-state index is 5.83. The number of nitrogens with one attached hydrogen (secondary N) is 1. The van der Waals surface area contributed by atoms with Crippen LogP contribution in [0.4, 0.5) is 5.82 Å². The van der Waals surface area contributed by atoms with Gasteiger partial charge in [0, 0.05) is 24.1 Å². The first kappa shape index (κ1) is 12.7. The average molecular weight is 269 g/mol. The van der Waals surface area contributed by atoms with Crippen molar-refractivity contribution in [3.63, 3.8) is 0 Å². The number of benzene rings is 1. The lowest BCUT2D eigenvalue weighted by molar-refractivity contribution is 0.554. The molecule has 2 heterocycles. The number of hydrogen-bond acceptors (Lipinski definition) is 3. The van der Waals surface area contributed by atoms with Crippen LogP contribution < -0.4 is 5.73 Å². The molecule has 0 unspecified atom stereocenters. The van der Waals surface area contributed by atoms with Crippen LogP contribution in [-0.2, 0) is 12.5 Å². The van der Waals surface area contributed by atoms with Crippen LogP contribution in [0.15, 0.2) is 24.3 Å². The van der Waals surface area contributed by atoms with E-state index in [4.69, 9.17) is 5.73 Å². The maximum Gasteiger partial charge on any atom is 0.121 e. The molecule has 0 bridgehead atoms. The number of anilines is 1. The van der Waals surface area contributed by atoms with Crippen LogP contribution in [0, 0.1) is 0 Å². The van der Waals surface area contributed by atoms with Gasteiger partial charge < -0.3 is 10.7 Å². The van der Waals surface area contributed by atoms with Crippen LogP contribution in [0.5, 0.6) is 0 Å². The number of imidazole rings is 1. The van der Waals surface area contributed by atoms with Gasteiger partial charge in [0.2, 0.25) is 0 Å². The topological polar surface area (TPSA) is 72.5 Å². The summed E-state index contributed by atoms with van der Waals surface area (Å²) in [7, 11) is 1.84. The quantitative estimate of drug-likeness (QED) is 0.713. The fourth-order valence-electron chi connectivity index (χ4n) is 2.15. The molecule has 0 atom stereocenters. The van der Waals surface area contributed by atoms with Gasteiger partial charge in [-0.05, 0) is 12.1 Å². The van der Waals surface area contributed by atoms with Crippen molar-refractivity contribution in [2.45, 2.75) is 26.2 Å². The number of aryl methyl sites for hydroxylation is 1. The Morgan fingerprint density at radius 3 is 2.55 bits per heavy atom. The monoisotopic (exact) mass is 269 g/mol. The van der Waals surface area contributed by atoms with E-state index in [9.17, 15) is 0 Å². The van der Waals surface area contributed by atoms with Gasteiger partial charge in [0.1, 0.15) is 11.6 Å². The lowest BCUT2D eigenvalue weighted by atomic mass is 9.96. The van der Waals surface area contributed by atoms with Gasteiger partial charge in [-0.25, -0.2) is 4.98 Å². The fraction of sp³-hybridized carbons (Fsp3) is 0.333. The number of nitrogens with zero attached hydrogens (tertiary/aromatic N) is 3. The molecule has 0 amide bonds. The molecule has 3 aromatic rings. The molecule has 1 aromatic carbocycles. The summed E-state index contributed by atoms with van der Waals surface area (Å²) >= 11 is 0. The summed E-state index contributed by atoms with van der Waals surface area (Å²) < 4.78 is 1.67. The van der Waals surface area contributed by atoms with Crippen LogP contribution in [-0.4, -0.2) is 19.7 Å². The van der Waals surface area contributed by atoms with E-state index in [0.29, 0.717) is 5.82 Å². The minimum atomic E-state index is 0.00854. The van der Waals surface area contributed by atoms with Crippen LogP contribution in [0.2, 0.25) is 0 Å². The van der Waals surface area contributed by atoms with Crippen LogP contribution in [0.1, 0.15) is 26.6 Å². The molecule has 20 heavy (non-hydrogen) atoms. The Bertz CT molecular complexity index is 754. The van der Waals surface area contributed by atoms with Gasteiger partial charge in [0.25, 0.3) is 0 Å². The third-order valence-corrected chi connectivity index (χ3v) is 3.40. The van der Waals surface area contributed by atoms with Crippen LogP contribution >= 0.6 is 0 Å². The Hall–Kier alpha value is -2.30. The van der Waals surface area contributed by atoms with E-state index in [1.807, 2.05) is 25.2 Å². The Labute approximate surface area is 117 Å². The number of aromatic amines is 1. The number of aromatic nitrogens is 4. The molecular formula is C15H19N5. The molecule has 0 saturated carbocycles. The minimum absolute atomic E-state index is 0.00854. The molecule has 104 valence electrons. The normalized spacial score (nSPS) is 12.2. The second-order valence-corrected chi connectivity index (χ2v) is 6.15. The first-order valence-electron chi connectivity index (χ1n) is 6.65. The highest BCUT2D eigenvalue weighted by Gasteiger charge is 2.18. The van der Waals surface area contributed by atoms with E-state index < -0.39 is 0 Å². The molecule has 0 radical (unpaired) electrons. The number of nitrogens with two attached hydrogens (primary N) is 1. The van der Waals surface area contributed by atoms with E-state index in [-0.39, 0.29) is 5.41 Å². The summed E-state index contributed by atoms with van der Waals surface area (Å²) in [5.41, 5.74) is 9.75. The van der Waals surface area contributed by atoms with Crippen molar-refractivity contribution in [2.75, 3.05) is 5.73 Å². The summed E-state index contributed by atoms with van der Waals surface area (Å²) in [5.74, 6) is 1.64. The lowest BCUT2D eigenvalue weighted by Crippen LogP contribution is -2.12. The summed E-state index contributed by atoms with van der Waals surface area (Å²) in [4.78, 5) is 8.03. The van der Waals surface area contributed by atoms with Crippen molar-refractivity contribution in [2.24, 2.45) is 7.05 Å². The van der Waals surface area contributed by atoms with Crippen molar-refractivity contribution < 1.29 is 0 Å². The van der Waals surface area contributed by atoms with E-state index in [1.54, 1.807) is 4.68 Å². The predicted molar refractivity (Wildman–Crippen MR) is 81.4 cm³/mol. The minimum Gasteiger partial charge on any atom is -0.384 e. The predicted octanol–water partition coefficient (Wildman–Crippen LogP) is 2.84. The van der Waals surface area contributed by atoms with E-state index in [2.05, 4.69) is 41.9 Å². The third-order valence-electron chi connectivity index (χ3n) is 3.40. The highest BCUT2D eigenvalue weighted by atomic mass is 15.3. The zero-order valence-corrected chi connectivity index (χ0v) is 12.2. The van der Waals surface area contributed by atoms with Crippen LogP contribution in [0.25, 0.3) is 22.3 Å². The summed E-state index contributed by atoms with van der Waals surface area (Å²) in [6.45, 7) is 6.43.